The average Bonchev–Trinajstić information content (AvgIpc) is 4.14. The van der Waals surface area contributed by atoms with Gasteiger partial charge in [-0.2, -0.15) is 4.57 Å². The van der Waals surface area contributed by atoms with E-state index in [1.54, 1.807) is 0 Å². The molecule has 5 nitrogen and oxygen atoms in total. The summed E-state index contributed by atoms with van der Waals surface area (Å²) in [7, 11) is -2.04. The Morgan fingerprint density at radius 2 is 1.26 bits per heavy atom. The van der Waals surface area contributed by atoms with E-state index in [-0.39, 0.29) is 0 Å². The third-order valence-electron chi connectivity index (χ3n) is 14.9. The van der Waals surface area contributed by atoms with Crippen molar-refractivity contribution in [2.24, 2.45) is 0 Å². The van der Waals surface area contributed by atoms with Crippen molar-refractivity contribution < 1.29 is 19.3 Å². The molecule has 2 aliphatic heterocycles. The van der Waals surface area contributed by atoms with Crippen LogP contribution in [0.1, 0.15) is 43.4 Å². The predicted octanol–water partition coefficient (Wildman–Crippen LogP) is 14.6. The van der Waals surface area contributed by atoms with Crippen molar-refractivity contribution in [2.75, 3.05) is 0 Å². The van der Waals surface area contributed by atoms with E-state index in [1.807, 2.05) is 13.8 Å². The van der Waals surface area contributed by atoms with Gasteiger partial charge in [-0.05, 0) is 114 Å². The van der Waals surface area contributed by atoms with E-state index in [0.717, 1.165) is 111 Å². The summed E-state index contributed by atoms with van der Waals surface area (Å²) >= 11 is 0. The molecule has 0 fully saturated rings. The first kappa shape index (κ1) is 38.3. The molecule has 0 saturated heterocycles. The van der Waals surface area contributed by atoms with Crippen LogP contribution in [0.2, 0.25) is 19.6 Å². The van der Waals surface area contributed by atoms with Gasteiger partial charge < -0.3 is 8.83 Å². The highest BCUT2D eigenvalue weighted by Gasteiger charge is 2.67. The van der Waals surface area contributed by atoms with Gasteiger partial charge in [0.15, 0.2) is 22.8 Å². The van der Waals surface area contributed by atoms with Crippen LogP contribution >= 0.6 is 0 Å². The number of aryl methyl sites for hydroxylation is 1. The van der Waals surface area contributed by atoms with E-state index in [1.165, 1.54) is 21.9 Å². The largest absolute Gasteiger partial charge is 0.456 e. The SMILES string of the molecule is [2H]C(C)(C)c1cc2[n+](cc1[Si](C)(C)C)C1(c3ccccc3-2)c2ccc3c(oc4cc(-c5ccc6c(c5)oc5ccc(C)cc56)ccc43)c2-c2n(-c3ccccc3-c3ccccc3)c3ccccc3[n+]21. The lowest BCUT2D eigenvalue weighted by molar-refractivity contribution is -0.944. The van der Waals surface area contributed by atoms with E-state index in [0.29, 0.717) is 0 Å². The maximum absolute atomic E-state index is 9.54. The number of fused-ring (bicyclic) bond motifs is 19. The maximum Gasteiger partial charge on any atom is 0.364 e. The average molecular weight is 897 g/mol. The molecule has 1 atom stereocenters. The zero-order valence-electron chi connectivity index (χ0n) is 40.0. The van der Waals surface area contributed by atoms with Gasteiger partial charge in [-0.15, -0.1) is 9.13 Å². The summed E-state index contributed by atoms with van der Waals surface area (Å²) in [5.74, 6) is 0.259. The Hall–Kier alpha value is -7.80. The molecule has 1 unspecified atom stereocenters. The fraction of sp³-hybridized carbons (Fsp3) is 0.129. The number of nitrogens with zero attached hydrogens (tertiary/aromatic N) is 3. The first-order valence-electron chi connectivity index (χ1n) is 24.2. The number of para-hydroxylation sites is 3. The molecule has 14 rings (SSSR count). The number of imidazole rings is 1. The summed E-state index contributed by atoms with van der Waals surface area (Å²) in [6, 6.07) is 64.0. The molecule has 0 amide bonds. The molecule has 4 aromatic heterocycles. The number of benzene rings is 8. The van der Waals surface area contributed by atoms with Crippen molar-refractivity contribution in [3.8, 4) is 50.6 Å². The van der Waals surface area contributed by atoms with E-state index < -0.39 is 19.6 Å². The van der Waals surface area contributed by atoms with Crippen molar-refractivity contribution in [3.63, 3.8) is 0 Å². The highest BCUT2D eigenvalue weighted by atomic mass is 28.3. The molecule has 2 aliphatic rings. The van der Waals surface area contributed by atoms with Gasteiger partial charge in [0.05, 0.1) is 24.8 Å². The first-order chi connectivity index (χ1) is 33.4. The van der Waals surface area contributed by atoms with Crippen molar-refractivity contribution in [1.82, 2.24) is 4.57 Å². The van der Waals surface area contributed by atoms with Crippen LogP contribution in [0.4, 0.5) is 0 Å². The fourth-order valence-corrected chi connectivity index (χ4v) is 13.5. The second kappa shape index (κ2) is 13.9. The Balaban J connectivity index is 1.11. The van der Waals surface area contributed by atoms with Crippen LogP contribution in [0.5, 0.6) is 0 Å². The van der Waals surface area contributed by atoms with E-state index in [2.05, 4.69) is 222 Å². The van der Waals surface area contributed by atoms with Crippen molar-refractivity contribution in [1.29, 1.82) is 0 Å². The highest BCUT2D eigenvalue weighted by Crippen LogP contribution is 2.53. The molecule has 6 heteroatoms. The number of furan rings is 2. The van der Waals surface area contributed by atoms with Gasteiger partial charge in [-0.25, -0.2) is 0 Å². The van der Waals surface area contributed by atoms with Gasteiger partial charge in [-0.1, -0.05) is 130 Å². The van der Waals surface area contributed by atoms with Gasteiger partial charge >= 0.3 is 11.5 Å². The van der Waals surface area contributed by atoms with Crippen LogP contribution in [-0.2, 0) is 5.66 Å². The zero-order valence-corrected chi connectivity index (χ0v) is 40.0. The summed E-state index contributed by atoms with van der Waals surface area (Å²) in [6.45, 7) is 13.4. The summed E-state index contributed by atoms with van der Waals surface area (Å²) in [6.07, 6.45) is 2.44. The summed E-state index contributed by atoms with van der Waals surface area (Å²) in [5.41, 5.74) is 18.4. The summed E-state index contributed by atoms with van der Waals surface area (Å²) in [4.78, 5) is 0. The van der Waals surface area contributed by atoms with E-state index in [4.69, 9.17) is 8.83 Å². The Kier molecular flexibility index (Phi) is 7.82. The van der Waals surface area contributed by atoms with E-state index >= 15 is 0 Å². The normalized spacial score (nSPS) is 15.5. The number of hydrogen-bond acceptors (Lipinski definition) is 2. The van der Waals surface area contributed by atoms with Crippen LogP contribution in [0.15, 0.2) is 191 Å². The van der Waals surface area contributed by atoms with Crippen LogP contribution in [0.25, 0.3) is 105 Å². The van der Waals surface area contributed by atoms with Gasteiger partial charge in [0.1, 0.15) is 28.0 Å². The Labute approximate surface area is 397 Å². The monoisotopic (exact) mass is 896 g/mol. The number of pyridine rings is 1. The molecular weight excluding hydrogens is 847 g/mol. The number of aromatic nitrogens is 3. The van der Waals surface area contributed by atoms with Crippen molar-refractivity contribution in [2.45, 2.75) is 52.0 Å². The minimum absolute atomic E-state index is 0.796. The smallest absolute Gasteiger partial charge is 0.364 e. The number of rotatable bonds is 5. The second-order valence-corrected chi connectivity index (χ2v) is 25.2. The quantitative estimate of drug-likeness (QED) is 0.128. The van der Waals surface area contributed by atoms with Gasteiger partial charge in [0.25, 0.3) is 0 Å². The van der Waals surface area contributed by atoms with E-state index in [9.17, 15) is 1.37 Å². The molecule has 0 radical (unpaired) electrons. The van der Waals surface area contributed by atoms with Gasteiger partial charge in [-0.3, -0.25) is 0 Å². The molecule has 0 saturated carbocycles. The molecule has 0 aliphatic carbocycles. The summed E-state index contributed by atoms with van der Waals surface area (Å²) < 4.78 is 31.0. The summed E-state index contributed by atoms with van der Waals surface area (Å²) in [5, 5.41) is 5.69. The van der Waals surface area contributed by atoms with Crippen molar-refractivity contribution >= 4 is 68.2 Å². The fourth-order valence-electron chi connectivity index (χ4n) is 11.9. The third kappa shape index (κ3) is 5.21. The lowest BCUT2D eigenvalue weighted by Gasteiger charge is -2.25. The van der Waals surface area contributed by atoms with Crippen molar-refractivity contribution in [3.05, 3.63) is 204 Å². The molecule has 0 bridgehead atoms. The van der Waals surface area contributed by atoms with Crippen LogP contribution < -0.4 is 14.3 Å². The molecule has 6 heterocycles. The Morgan fingerprint density at radius 1 is 0.588 bits per heavy atom. The minimum atomic E-state index is -2.04. The lowest BCUT2D eigenvalue weighted by Crippen LogP contribution is -2.72. The molecule has 68 heavy (non-hydrogen) atoms. The molecule has 12 aromatic rings. The predicted molar refractivity (Wildman–Crippen MR) is 280 cm³/mol. The lowest BCUT2D eigenvalue weighted by atomic mass is 9.88. The molecule has 326 valence electrons. The van der Waals surface area contributed by atoms with Gasteiger partial charge in [0.2, 0.25) is 5.69 Å². The molecule has 8 aromatic carbocycles. The highest BCUT2D eigenvalue weighted by molar-refractivity contribution is 6.89. The Morgan fingerprint density at radius 3 is 2.04 bits per heavy atom. The topological polar surface area (TPSA) is 39.0 Å². The zero-order chi connectivity index (χ0) is 46.7. The minimum Gasteiger partial charge on any atom is -0.456 e. The maximum atomic E-state index is 9.54. The first-order valence-corrected chi connectivity index (χ1v) is 27.2. The standard InChI is InChI=1S/C62H49N3O2Si/c1-37(2)47-35-54-46-19-10-12-20-49(46)62(63(54)36-58(47)68(4,5)6)50-30-29-45-43-27-25-41(40-26-28-44-48-32-38(3)24-31-55(48)66-56(44)33-40)34-57(43)67-60(45)59(50)61-64(52-22-14-15-23-53(52)65(61)62)51-21-13-11-18-42(51)39-16-8-7-9-17-39/h7-37H,1-6H3/q+2/i37D. The van der Waals surface area contributed by atoms with Gasteiger partial charge in [0, 0.05) is 39.7 Å². The molecule has 0 N–H and O–H groups in total. The van der Waals surface area contributed by atoms with Crippen LogP contribution in [0, 0.1) is 6.92 Å². The molecular formula is C62H49N3O2Si+2. The number of hydrogen-bond donors (Lipinski definition) is 0. The third-order valence-corrected chi connectivity index (χ3v) is 16.9. The second-order valence-electron chi connectivity index (χ2n) is 20.2. The Bertz CT molecular complexity index is 4180. The van der Waals surface area contributed by atoms with Crippen LogP contribution in [-0.4, -0.2) is 12.6 Å². The van der Waals surface area contributed by atoms with Crippen LogP contribution in [0.3, 0.4) is 0 Å². The molecule has 1 spiro atoms.